The van der Waals surface area contributed by atoms with Crippen molar-refractivity contribution in [2.24, 2.45) is 11.8 Å². The summed E-state index contributed by atoms with van der Waals surface area (Å²) in [6, 6.07) is 11.2. The van der Waals surface area contributed by atoms with Crippen molar-refractivity contribution in [1.29, 1.82) is 0 Å². The van der Waals surface area contributed by atoms with Crippen LogP contribution in [0, 0.1) is 11.8 Å². The van der Waals surface area contributed by atoms with Crippen LogP contribution in [0.4, 0.5) is 0 Å². The Morgan fingerprint density at radius 2 is 1.74 bits per heavy atom. The minimum atomic E-state index is 0.254. The van der Waals surface area contributed by atoms with E-state index in [1.54, 1.807) is 0 Å². The summed E-state index contributed by atoms with van der Waals surface area (Å²) in [5.41, 5.74) is 1.78. The van der Waals surface area contributed by atoms with Crippen LogP contribution in [-0.4, -0.2) is 0 Å². The van der Waals surface area contributed by atoms with Gasteiger partial charge in [-0.05, 0) is 36.7 Å². The molecule has 1 fully saturated rings. The van der Waals surface area contributed by atoms with E-state index in [1.807, 2.05) is 0 Å². The van der Waals surface area contributed by atoms with Crippen LogP contribution in [0.5, 0.6) is 0 Å². The molecule has 0 heterocycles. The lowest BCUT2D eigenvalue weighted by atomic mass is 9.61. The predicted molar refractivity (Wildman–Crippen MR) is 101 cm³/mol. The first-order valence-corrected chi connectivity index (χ1v) is 9.75. The van der Waals surface area contributed by atoms with E-state index >= 15 is 0 Å². The van der Waals surface area contributed by atoms with Crippen molar-refractivity contribution in [2.45, 2.75) is 70.1 Å². The zero-order chi connectivity index (χ0) is 16.0. The van der Waals surface area contributed by atoms with Gasteiger partial charge in [0.15, 0.2) is 0 Å². The standard InChI is InChI=1S/C23H32/c1-2-3-6-11-20-14-16-22(17-15-20)23(18-9-5-10-19-23)21-12-7-4-8-13-21/h4-5,7-10,12-13,18,20,22H,2-3,6,11,14-17,19H2,1H3. The van der Waals surface area contributed by atoms with Crippen molar-refractivity contribution in [3.8, 4) is 0 Å². The van der Waals surface area contributed by atoms with Gasteiger partial charge in [0.1, 0.15) is 0 Å². The number of benzene rings is 1. The Labute approximate surface area is 142 Å². The molecule has 0 heteroatoms. The number of unbranched alkanes of at least 4 members (excludes halogenated alkanes) is 2. The summed E-state index contributed by atoms with van der Waals surface area (Å²) in [5, 5.41) is 0. The largest absolute Gasteiger partial charge is 0.0833 e. The summed E-state index contributed by atoms with van der Waals surface area (Å²) in [6.45, 7) is 2.31. The predicted octanol–water partition coefficient (Wildman–Crippen LogP) is 6.83. The maximum Gasteiger partial charge on any atom is 0.0198 e. The molecule has 23 heavy (non-hydrogen) atoms. The quantitative estimate of drug-likeness (QED) is 0.505. The summed E-state index contributed by atoms with van der Waals surface area (Å²) in [7, 11) is 0. The molecular weight excluding hydrogens is 276 g/mol. The van der Waals surface area contributed by atoms with Crippen LogP contribution in [0.15, 0.2) is 54.6 Å². The minimum absolute atomic E-state index is 0.254. The van der Waals surface area contributed by atoms with Crippen molar-refractivity contribution >= 4 is 0 Å². The number of hydrogen-bond acceptors (Lipinski definition) is 0. The van der Waals surface area contributed by atoms with Gasteiger partial charge in [0.2, 0.25) is 0 Å². The molecule has 0 amide bonds. The van der Waals surface area contributed by atoms with E-state index in [0.29, 0.717) is 0 Å². The summed E-state index contributed by atoms with van der Waals surface area (Å²) in [5.74, 6) is 1.81. The van der Waals surface area contributed by atoms with E-state index in [2.05, 4.69) is 61.6 Å². The van der Waals surface area contributed by atoms with Crippen molar-refractivity contribution < 1.29 is 0 Å². The van der Waals surface area contributed by atoms with Crippen LogP contribution in [0.25, 0.3) is 0 Å². The van der Waals surface area contributed by atoms with Gasteiger partial charge < -0.3 is 0 Å². The lowest BCUT2D eigenvalue weighted by Gasteiger charge is -2.43. The van der Waals surface area contributed by atoms with Crippen LogP contribution < -0.4 is 0 Å². The smallest absolute Gasteiger partial charge is 0.0198 e. The SMILES string of the molecule is CCCCCC1CCC(C2(c3ccccc3)C=CC=CC2)CC1. The first-order valence-electron chi connectivity index (χ1n) is 9.75. The molecule has 3 rings (SSSR count). The van der Waals surface area contributed by atoms with Crippen LogP contribution >= 0.6 is 0 Å². The Kier molecular flexibility index (Phi) is 5.75. The molecule has 0 radical (unpaired) electrons. The van der Waals surface area contributed by atoms with Crippen LogP contribution in [-0.2, 0) is 5.41 Å². The van der Waals surface area contributed by atoms with Gasteiger partial charge >= 0.3 is 0 Å². The molecule has 0 nitrogen and oxygen atoms in total. The zero-order valence-corrected chi connectivity index (χ0v) is 14.7. The van der Waals surface area contributed by atoms with E-state index in [-0.39, 0.29) is 5.41 Å². The highest BCUT2D eigenvalue weighted by Gasteiger charge is 2.39. The Balaban J connectivity index is 1.68. The van der Waals surface area contributed by atoms with Gasteiger partial charge in [-0.2, -0.15) is 0 Å². The van der Waals surface area contributed by atoms with Gasteiger partial charge in [-0.1, -0.05) is 100 Å². The number of hydrogen-bond donors (Lipinski definition) is 0. The first kappa shape index (κ1) is 16.6. The average molecular weight is 309 g/mol. The normalized spacial score (nSPS) is 30.5. The molecule has 0 bridgehead atoms. The van der Waals surface area contributed by atoms with Crippen molar-refractivity contribution in [3.05, 3.63) is 60.2 Å². The van der Waals surface area contributed by atoms with Gasteiger partial charge in [0.25, 0.3) is 0 Å². The summed E-state index contributed by atoms with van der Waals surface area (Å²) < 4.78 is 0. The van der Waals surface area contributed by atoms with Crippen molar-refractivity contribution in [1.82, 2.24) is 0 Å². The molecule has 0 spiro atoms. The molecule has 2 aliphatic carbocycles. The van der Waals surface area contributed by atoms with E-state index < -0.39 is 0 Å². The highest BCUT2D eigenvalue weighted by Crippen LogP contribution is 2.47. The molecular formula is C23H32. The third-order valence-electron chi connectivity index (χ3n) is 6.20. The van der Waals surface area contributed by atoms with Gasteiger partial charge in [-0.25, -0.2) is 0 Å². The van der Waals surface area contributed by atoms with Gasteiger partial charge in [-0.15, -0.1) is 0 Å². The summed E-state index contributed by atoms with van der Waals surface area (Å²) in [6.07, 6.45) is 21.9. The fourth-order valence-corrected chi connectivity index (χ4v) is 4.79. The lowest BCUT2D eigenvalue weighted by Crippen LogP contribution is -2.36. The molecule has 2 aliphatic rings. The molecule has 124 valence electrons. The number of allylic oxidation sites excluding steroid dienone is 4. The van der Waals surface area contributed by atoms with Crippen LogP contribution in [0.2, 0.25) is 0 Å². The van der Waals surface area contributed by atoms with E-state index in [0.717, 1.165) is 11.8 Å². The van der Waals surface area contributed by atoms with E-state index in [9.17, 15) is 0 Å². The molecule has 1 aromatic carbocycles. The van der Waals surface area contributed by atoms with Crippen LogP contribution in [0.3, 0.4) is 0 Å². The lowest BCUT2D eigenvalue weighted by molar-refractivity contribution is 0.193. The molecule has 0 N–H and O–H groups in total. The highest BCUT2D eigenvalue weighted by molar-refractivity contribution is 5.37. The topological polar surface area (TPSA) is 0 Å². The second-order valence-electron chi connectivity index (χ2n) is 7.61. The van der Waals surface area contributed by atoms with Crippen LogP contribution in [0.1, 0.15) is 70.3 Å². The molecule has 0 aliphatic heterocycles. The van der Waals surface area contributed by atoms with E-state index in [4.69, 9.17) is 0 Å². The molecule has 1 atom stereocenters. The Morgan fingerprint density at radius 1 is 0.957 bits per heavy atom. The monoisotopic (exact) mass is 308 g/mol. The van der Waals surface area contributed by atoms with Gasteiger partial charge in [0.05, 0.1) is 0 Å². The molecule has 1 unspecified atom stereocenters. The van der Waals surface area contributed by atoms with Crippen molar-refractivity contribution in [2.75, 3.05) is 0 Å². The Bertz CT molecular complexity index is 516. The zero-order valence-electron chi connectivity index (χ0n) is 14.7. The Hall–Kier alpha value is -1.30. The summed E-state index contributed by atoms with van der Waals surface area (Å²) >= 11 is 0. The van der Waals surface area contributed by atoms with Gasteiger partial charge in [0, 0.05) is 5.41 Å². The molecule has 0 saturated heterocycles. The average Bonchev–Trinajstić information content (AvgIpc) is 2.64. The summed E-state index contributed by atoms with van der Waals surface area (Å²) in [4.78, 5) is 0. The molecule has 1 saturated carbocycles. The maximum atomic E-state index is 2.50. The fraction of sp³-hybridized carbons (Fsp3) is 0.565. The third-order valence-corrected chi connectivity index (χ3v) is 6.20. The third kappa shape index (κ3) is 3.79. The second kappa shape index (κ2) is 7.99. The minimum Gasteiger partial charge on any atom is -0.0833 e. The van der Waals surface area contributed by atoms with E-state index in [1.165, 1.54) is 63.4 Å². The Morgan fingerprint density at radius 3 is 2.39 bits per heavy atom. The van der Waals surface area contributed by atoms with Gasteiger partial charge in [-0.3, -0.25) is 0 Å². The fourth-order valence-electron chi connectivity index (χ4n) is 4.79. The first-order chi connectivity index (χ1) is 11.3. The molecule has 0 aromatic heterocycles. The molecule has 1 aromatic rings. The van der Waals surface area contributed by atoms with Crippen molar-refractivity contribution in [3.63, 3.8) is 0 Å². The maximum absolute atomic E-state index is 2.50. The highest BCUT2D eigenvalue weighted by atomic mass is 14.4. The number of rotatable bonds is 6. The second-order valence-corrected chi connectivity index (χ2v) is 7.61.